The number of aromatic nitrogens is 2. The highest BCUT2D eigenvalue weighted by Crippen LogP contribution is 2.24. The smallest absolute Gasteiger partial charge is 0.102 e. The van der Waals surface area contributed by atoms with E-state index in [4.69, 9.17) is 5.21 Å². The van der Waals surface area contributed by atoms with Crippen LogP contribution in [-0.4, -0.2) is 21.2 Å². The predicted octanol–water partition coefficient (Wildman–Crippen LogP) is 4.11. The fourth-order valence-corrected chi connectivity index (χ4v) is 2.35. The van der Waals surface area contributed by atoms with Gasteiger partial charge in [-0.1, -0.05) is 51.4 Å². The van der Waals surface area contributed by atoms with E-state index in [1.54, 1.807) is 4.68 Å². The standard InChI is InChI=1S/C16H12BrN3O/c17-14-8-6-12(7-9-14)16-13(10-18-21)11-20(19-16)15-4-2-1-3-5-15/h1-11,21H. The SMILES string of the molecule is ON=Cc1cn(-c2ccccc2)nc1-c1ccc(Br)cc1. The fraction of sp³-hybridized carbons (Fsp3) is 0. The molecule has 0 unspecified atom stereocenters. The van der Waals surface area contributed by atoms with Crippen LogP contribution in [0.5, 0.6) is 0 Å². The van der Waals surface area contributed by atoms with Crippen LogP contribution in [-0.2, 0) is 0 Å². The van der Waals surface area contributed by atoms with Crippen LogP contribution in [0.25, 0.3) is 16.9 Å². The Bertz CT molecular complexity index is 764. The summed E-state index contributed by atoms with van der Waals surface area (Å²) in [4.78, 5) is 0. The van der Waals surface area contributed by atoms with Crippen molar-refractivity contribution in [1.82, 2.24) is 9.78 Å². The molecule has 0 amide bonds. The third kappa shape index (κ3) is 2.87. The number of hydrogen-bond acceptors (Lipinski definition) is 3. The molecule has 1 heterocycles. The normalized spacial score (nSPS) is 11.1. The maximum absolute atomic E-state index is 8.84. The first-order valence-corrected chi connectivity index (χ1v) is 7.15. The lowest BCUT2D eigenvalue weighted by atomic mass is 10.1. The van der Waals surface area contributed by atoms with E-state index in [0.29, 0.717) is 0 Å². The monoisotopic (exact) mass is 341 g/mol. The van der Waals surface area contributed by atoms with Crippen molar-refractivity contribution in [2.75, 3.05) is 0 Å². The second kappa shape index (κ2) is 5.93. The quantitative estimate of drug-likeness (QED) is 0.442. The molecular formula is C16H12BrN3O. The summed E-state index contributed by atoms with van der Waals surface area (Å²) in [7, 11) is 0. The van der Waals surface area contributed by atoms with Gasteiger partial charge in [0, 0.05) is 21.8 Å². The summed E-state index contributed by atoms with van der Waals surface area (Å²) >= 11 is 3.42. The van der Waals surface area contributed by atoms with Crippen molar-refractivity contribution >= 4 is 22.1 Å². The van der Waals surface area contributed by atoms with Gasteiger partial charge in [-0.05, 0) is 24.3 Å². The molecule has 0 atom stereocenters. The summed E-state index contributed by atoms with van der Waals surface area (Å²) in [6.07, 6.45) is 3.23. The van der Waals surface area contributed by atoms with Gasteiger partial charge in [0.25, 0.3) is 0 Å². The number of rotatable bonds is 3. The molecule has 5 heteroatoms. The molecule has 1 aromatic heterocycles. The highest BCUT2D eigenvalue weighted by Gasteiger charge is 2.11. The summed E-state index contributed by atoms with van der Waals surface area (Å²) in [5, 5.41) is 16.6. The molecule has 0 bridgehead atoms. The highest BCUT2D eigenvalue weighted by atomic mass is 79.9. The lowest BCUT2D eigenvalue weighted by Crippen LogP contribution is -1.93. The number of nitrogens with zero attached hydrogens (tertiary/aromatic N) is 3. The Morgan fingerprint density at radius 2 is 1.76 bits per heavy atom. The molecular weight excluding hydrogens is 330 g/mol. The van der Waals surface area contributed by atoms with Crippen LogP contribution in [0.4, 0.5) is 0 Å². The zero-order valence-corrected chi connectivity index (χ0v) is 12.6. The van der Waals surface area contributed by atoms with Gasteiger partial charge in [0.2, 0.25) is 0 Å². The number of oxime groups is 1. The molecule has 4 nitrogen and oxygen atoms in total. The van der Waals surface area contributed by atoms with E-state index < -0.39 is 0 Å². The lowest BCUT2D eigenvalue weighted by Gasteiger charge is -2.00. The average Bonchev–Trinajstić information content (AvgIpc) is 2.93. The van der Waals surface area contributed by atoms with Crippen molar-refractivity contribution in [2.24, 2.45) is 5.16 Å². The molecule has 0 aliphatic carbocycles. The van der Waals surface area contributed by atoms with Gasteiger partial charge in [-0.2, -0.15) is 5.10 Å². The van der Waals surface area contributed by atoms with E-state index in [2.05, 4.69) is 26.2 Å². The number of para-hydroxylation sites is 1. The first-order chi connectivity index (χ1) is 10.3. The van der Waals surface area contributed by atoms with Crippen molar-refractivity contribution in [3.8, 4) is 16.9 Å². The Labute approximate surface area is 130 Å². The van der Waals surface area contributed by atoms with Crippen LogP contribution >= 0.6 is 15.9 Å². The Morgan fingerprint density at radius 3 is 2.43 bits per heavy atom. The zero-order valence-electron chi connectivity index (χ0n) is 11.0. The van der Waals surface area contributed by atoms with Gasteiger partial charge in [0.1, 0.15) is 5.69 Å². The van der Waals surface area contributed by atoms with E-state index in [9.17, 15) is 0 Å². The molecule has 0 spiro atoms. The van der Waals surface area contributed by atoms with Crippen LogP contribution in [0, 0.1) is 0 Å². The van der Waals surface area contributed by atoms with Gasteiger partial charge in [-0.15, -0.1) is 0 Å². The molecule has 0 fully saturated rings. The van der Waals surface area contributed by atoms with Gasteiger partial charge in [0.05, 0.1) is 11.9 Å². The van der Waals surface area contributed by atoms with Gasteiger partial charge in [0.15, 0.2) is 0 Å². The van der Waals surface area contributed by atoms with E-state index in [1.807, 2.05) is 60.8 Å². The van der Waals surface area contributed by atoms with E-state index >= 15 is 0 Å². The molecule has 104 valence electrons. The molecule has 0 saturated heterocycles. The zero-order chi connectivity index (χ0) is 14.7. The van der Waals surface area contributed by atoms with Crippen LogP contribution in [0.15, 0.2) is 70.4 Å². The molecule has 0 aliphatic rings. The molecule has 2 aromatic carbocycles. The summed E-state index contributed by atoms with van der Waals surface area (Å²) in [5.41, 5.74) is 3.43. The molecule has 1 N–H and O–H groups in total. The first kappa shape index (κ1) is 13.6. The molecule has 0 radical (unpaired) electrons. The van der Waals surface area contributed by atoms with E-state index in [-0.39, 0.29) is 0 Å². The van der Waals surface area contributed by atoms with E-state index in [0.717, 1.165) is 27.0 Å². The van der Waals surface area contributed by atoms with Crippen LogP contribution in [0.2, 0.25) is 0 Å². The number of benzene rings is 2. The Kier molecular flexibility index (Phi) is 3.83. The average molecular weight is 342 g/mol. The minimum atomic E-state index is 0.753. The van der Waals surface area contributed by atoms with Crippen LogP contribution in [0.1, 0.15) is 5.56 Å². The third-order valence-electron chi connectivity index (χ3n) is 3.08. The predicted molar refractivity (Wildman–Crippen MR) is 86.1 cm³/mol. The van der Waals surface area contributed by atoms with Crippen molar-refractivity contribution in [1.29, 1.82) is 0 Å². The van der Waals surface area contributed by atoms with Gasteiger partial charge in [-0.3, -0.25) is 0 Å². The Balaban J connectivity index is 2.11. The van der Waals surface area contributed by atoms with Crippen molar-refractivity contribution in [3.05, 3.63) is 70.8 Å². The van der Waals surface area contributed by atoms with E-state index in [1.165, 1.54) is 6.21 Å². The Hall–Kier alpha value is -2.40. The largest absolute Gasteiger partial charge is 0.411 e. The molecule has 21 heavy (non-hydrogen) atoms. The first-order valence-electron chi connectivity index (χ1n) is 6.36. The highest BCUT2D eigenvalue weighted by molar-refractivity contribution is 9.10. The second-order valence-electron chi connectivity index (χ2n) is 4.46. The molecule has 0 aliphatic heterocycles. The minimum absolute atomic E-state index is 0.753. The molecule has 3 rings (SSSR count). The van der Waals surface area contributed by atoms with Gasteiger partial charge >= 0.3 is 0 Å². The lowest BCUT2D eigenvalue weighted by molar-refractivity contribution is 0.322. The summed E-state index contributed by atoms with van der Waals surface area (Å²) < 4.78 is 2.78. The molecule has 0 saturated carbocycles. The van der Waals surface area contributed by atoms with Crippen molar-refractivity contribution in [3.63, 3.8) is 0 Å². The minimum Gasteiger partial charge on any atom is -0.411 e. The van der Waals surface area contributed by atoms with Gasteiger partial charge < -0.3 is 5.21 Å². The Morgan fingerprint density at radius 1 is 1.05 bits per heavy atom. The molecule has 3 aromatic rings. The van der Waals surface area contributed by atoms with Crippen molar-refractivity contribution < 1.29 is 5.21 Å². The summed E-state index contributed by atoms with van der Waals surface area (Å²) in [5.74, 6) is 0. The number of hydrogen-bond donors (Lipinski definition) is 1. The summed E-state index contributed by atoms with van der Waals surface area (Å²) in [6.45, 7) is 0. The number of halogens is 1. The third-order valence-corrected chi connectivity index (χ3v) is 3.61. The fourth-order valence-electron chi connectivity index (χ4n) is 2.09. The topological polar surface area (TPSA) is 50.4 Å². The summed E-state index contributed by atoms with van der Waals surface area (Å²) in [6, 6.07) is 17.7. The maximum atomic E-state index is 8.84. The van der Waals surface area contributed by atoms with Gasteiger partial charge in [-0.25, -0.2) is 4.68 Å². The van der Waals surface area contributed by atoms with Crippen LogP contribution in [0.3, 0.4) is 0 Å². The maximum Gasteiger partial charge on any atom is 0.102 e. The van der Waals surface area contributed by atoms with Crippen LogP contribution < -0.4 is 0 Å². The van der Waals surface area contributed by atoms with Crippen molar-refractivity contribution in [2.45, 2.75) is 0 Å². The second-order valence-corrected chi connectivity index (χ2v) is 5.38.